The van der Waals surface area contributed by atoms with Crippen molar-refractivity contribution in [1.29, 1.82) is 0 Å². The van der Waals surface area contributed by atoms with Crippen molar-refractivity contribution in [2.75, 3.05) is 5.32 Å². The van der Waals surface area contributed by atoms with E-state index in [9.17, 15) is 23.7 Å². The van der Waals surface area contributed by atoms with Gasteiger partial charge in [0, 0.05) is 30.1 Å². The van der Waals surface area contributed by atoms with Crippen molar-refractivity contribution >= 4 is 29.0 Å². The number of amides is 1. The number of non-ortho nitro benzene ring substituents is 1. The molecule has 1 saturated carbocycles. The molecule has 0 unspecified atom stereocenters. The van der Waals surface area contributed by atoms with Crippen molar-refractivity contribution in [1.82, 2.24) is 14.8 Å². The smallest absolute Gasteiger partial charge is 0.270 e. The number of hydrogen-bond acceptors (Lipinski definition) is 6. The normalized spacial score (nSPS) is 14.0. The van der Waals surface area contributed by atoms with Crippen LogP contribution >= 0.6 is 11.8 Å². The first-order chi connectivity index (χ1) is 15.3. The predicted molar refractivity (Wildman–Crippen MR) is 114 cm³/mol. The van der Waals surface area contributed by atoms with E-state index < -0.39 is 22.5 Å². The summed E-state index contributed by atoms with van der Waals surface area (Å²) in [5.41, 5.74) is -0.380. The van der Waals surface area contributed by atoms with Crippen molar-refractivity contribution in [2.45, 2.75) is 41.7 Å². The lowest BCUT2D eigenvalue weighted by atomic mass is 9.96. The Labute approximate surface area is 186 Å². The monoisotopic (exact) mass is 459 g/mol. The van der Waals surface area contributed by atoms with E-state index in [-0.39, 0.29) is 22.9 Å². The summed E-state index contributed by atoms with van der Waals surface area (Å²) in [5, 5.41) is 21.7. The number of rotatable bonds is 6. The van der Waals surface area contributed by atoms with Crippen molar-refractivity contribution in [2.24, 2.45) is 7.05 Å². The van der Waals surface area contributed by atoms with Gasteiger partial charge in [-0.15, -0.1) is 10.2 Å². The molecule has 0 radical (unpaired) electrons. The van der Waals surface area contributed by atoms with Crippen LogP contribution in [0.2, 0.25) is 0 Å². The lowest BCUT2D eigenvalue weighted by Crippen LogP contribution is -2.15. The molecule has 1 aliphatic rings. The number of anilines is 1. The van der Waals surface area contributed by atoms with Crippen LogP contribution in [0.1, 0.15) is 47.5 Å². The van der Waals surface area contributed by atoms with E-state index in [2.05, 4.69) is 15.5 Å². The Bertz CT molecular complexity index is 1190. The van der Waals surface area contributed by atoms with Gasteiger partial charge in [0.1, 0.15) is 18.0 Å². The molecule has 2 aromatic carbocycles. The number of carbonyl (C=O) groups is 1. The molecule has 1 N–H and O–H groups in total. The van der Waals surface area contributed by atoms with Crippen LogP contribution in [0.25, 0.3) is 0 Å². The first-order valence-electron chi connectivity index (χ1n) is 9.94. The minimum Gasteiger partial charge on any atom is -0.319 e. The van der Waals surface area contributed by atoms with Crippen LogP contribution in [0.4, 0.5) is 20.2 Å². The number of hydrogen-bond donors (Lipinski definition) is 1. The van der Waals surface area contributed by atoms with Crippen LogP contribution in [0.3, 0.4) is 0 Å². The zero-order valence-electron chi connectivity index (χ0n) is 17.0. The van der Waals surface area contributed by atoms with Gasteiger partial charge in [-0.2, -0.15) is 0 Å². The number of carbonyl (C=O) groups excluding carboxylic acids is 1. The molecular formula is C21H19F2N5O3S. The van der Waals surface area contributed by atoms with Crippen LogP contribution in [-0.2, 0) is 7.05 Å². The third-order valence-corrected chi connectivity index (χ3v) is 6.55. The molecular weight excluding hydrogens is 440 g/mol. The third-order valence-electron chi connectivity index (χ3n) is 5.42. The summed E-state index contributed by atoms with van der Waals surface area (Å²) < 4.78 is 31.0. The maximum atomic E-state index is 14.7. The van der Waals surface area contributed by atoms with Crippen molar-refractivity contribution in [3.63, 3.8) is 0 Å². The highest BCUT2D eigenvalue weighted by molar-refractivity contribution is 7.99. The third kappa shape index (κ3) is 4.47. The van der Waals surface area contributed by atoms with E-state index in [4.69, 9.17) is 0 Å². The Kier molecular flexibility index (Phi) is 6.17. The maximum Gasteiger partial charge on any atom is 0.270 e. The summed E-state index contributed by atoms with van der Waals surface area (Å²) in [5.74, 6) is -2.17. The summed E-state index contributed by atoms with van der Waals surface area (Å²) in [6, 6.07) is 5.85. The lowest BCUT2D eigenvalue weighted by molar-refractivity contribution is -0.384. The zero-order valence-corrected chi connectivity index (χ0v) is 17.9. The van der Waals surface area contributed by atoms with Crippen LogP contribution < -0.4 is 5.32 Å². The van der Waals surface area contributed by atoms with Gasteiger partial charge in [0.2, 0.25) is 0 Å². The molecule has 11 heteroatoms. The van der Waals surface area contributed by atoms with E-state index >= 15 is 0 Å². The van der Waals surface area contributed by atoms with Gasteiger partial charge >= 0.3 is 0 Å². The van der Waals surface area contributed by atoms with Crippen molar-refractivity contribution in [3.8, 4) is 0 Å². The largest absolute Gasteiger partial charge is 0.319 e. The average Bonchev–Trinajstić information content (AvgIpc) is 3.43. The molecule has 4 rings (SSSR count). The van der Waals surface area contributed by atoms with E-state index in [1.54, 1.807) is 11.6 Å². The molecule has 8 nitrogen and oxygen atoms in total. The number of aryl methyl sites for hydroxylation is 1. The van der Waals surface area contributed by atoms with E-state index in [0.29, 0.717) is 15.6 Å². The fraction of sp³-hybridized carbons (Fsp3) is 0.286. The number of nitrogens with one attached hydrogen (secondary N) is 1. The topological polar surface area (TPSA) is 103 Å². The Morgan fingerprint density at radius 1 is 1.22 bits per heavy atom. The summed E-state index contributed by atoms with van der Waals surface area (Å²) in [7, 11) is 1.71. The highest BCUT2D eigenvalue weighted by atomic mass is 32.2. The average molecular weight is 459 g/mol. The second-order valence-electron chi connectivity index (χ2n) is 7.55. The first-order valence-corrected chi connectivity index (χ1v) is 10.8. The summed E-state index contributed by atoms with van der Waals surface area (Å²) in [6.07, 6.45) is 5.03. The summed E-state index contributed by atoms with van der Waals surface area (Å²) >= 11 is 1.07. The van der Waals surface area contributed by atoms with Gasteiger partial charge in [0.05, 0.1) is 16.2 Å². The Morgan fingerprint density at radius 3 is 2.62 bits per heavy atom. The minimum atomic E-state index is -0.801. The molecule has 0 atom stereocenters. The Morgan fingerprint density at radius 2 is 1.97 bits per heavy atom. The number of nitro benzene ring substituents is 1. The molecule has 0 aliphatic heterocycles. The molecule has 1 amide bonds. The van der Waals surface area contributed by atoms with Gasteiger partial charge in [0.15, 0.2) is 5.16 Å². The molecule has 1 fully saturated rings. The van der Waals surface area contributed by atoms with E-state index in [1.165, 1.54) is 18.5 Å². The van der Waals surface area contributed by atoms with Crippen molar-refractivity contribution in [3.05, 3.63) is 69.5 Å². The Hall–Kier alpha value is -3.34. The van der Waals surface area contributed by atoms with Gasteiger partial charge in [-0.25, -0.2) is 8.78 Å². The Balaban J connectivity index is 1.65. The highest BCUT2D eigenvalue weighted by Crippen LogP contribution is 2.37. The first kappa shape index (κ1) is 21.9. The van der Waals surface area contributed by atoms with Gasteiger partial charge < -0.3 is 9.88 Å². The molecule has 0 saturated heterocycles. The SMILES string of the molecule is Cn1cnnc1Sc1ccc([N+](=O)[O-])cc1C(=O)Nc1cc(F)c(C2CCCC2)cc1F. The summed E-state index contributed by atoms with van der Waals surface area (Å²) in [6.45, 7) is 0. The fourth-order valence-corrected chi connectivity index (χ4v) is 4.63. The summed E-state index contributed by atoms with van der Waals surface area (Å²) in [4.78, 5) is 23.9. The number of benzene rings is 2. The lowest BCUT2D eigenvalue weighted by Gasteiger charge is -2.14. The van der Waals surface area contributed by atoms with E-state index in [0.717, 1.165) is 55.6 Å². The number of nitrogens with zero attached hydrogens (tertiary/aromatic N) is 4. The highest BCUT2D eigenvalue weighted by Gasteiger charge is 2.24. The molecule has 32 heavy (non-hydrogen) atoms. The molecule has 1 aromatic heterocycles. The van der Waals surface area contributed by atoms with Crippen LogP contribution in [0, 0.1) is 21.7 Å². The standard InChI is InChI=1S/C21H19F2N5O3S/c1-27-11-24-26-21(27)32-19-7-6-13(28(30)31)8-15(19)20(29)25-18-10-16(22)14(9-17(18)23)12-4-2-3-5-12/h6-12H,2-5H2,1H3,(H,25,29). The van der Waals surface area contributed by atoms with Gasteiger partial charge in [0.25, 0.3) is 11.6 Å². The van der Waals surface area contributed by atoms with Gasteiger partial charge in [-0.05, 0) is 48.2 Å². The number of aromatic nitrogens is 3. The maximum absolute atomic E-state index is 14.7. The zero-order chi connectivity index (χ0) is 22.8. The van der Waals surface area contributed by atoms with Gasteiger partial charge in [-0.3, -0.25) is 14.9 Å². The fourth-order valence-electron chi connectivity index (χ4n) is 3.76. The molecule has 3 aromatic rings. The molecule has 1 aliphatic carbocycles. The van der Waals surface area contributed by atoms with Crippen molar-refractivity contribution < 1.29 is 18.5 Å². The van der Waals surface area contributed by atoms with Gasteiger partial charge in [-0.1, -0.05) is 12.8 Å². The molecule has 166 valence electrons. The minimum absolute atomic E-state index is 0.0274. The second-order valence-corrected chi connectivity index (χ2v) is 8.56. The van der Waals surface area contributed by atoms with Crippen LogP contribution in [0.5, 0.6) is 0 Å². The number of nitro groups is 1. The molecule has 0 spiro atoms. The molecule has 0 bridgehead atoms. The van der Waals surface area contributed by atoms with Crippen LogP contribution in [-0.4, -0.2) is 25.6 Å². The van der Waals surface area contributed by atoms with E-state index in [1.807, 2.05) is 0 Å². The second kappa shape index (κ2) is 9.03. The predicted octanol–water partition coefficient (Wildman–Crippen LogP) is 5.06. The van der Waals surface area contributed by atoms with Crippen LogP contribution in [0.15, 0.2) is 46.7 Å². The number of halogens is 2. The molecule has 1 heterocycles. The quantitative estimate of drug-likeness (QED) is 0.408.